The van der Waals surface area contributed by atoms with E-state index in [1.54, 1.807) is 17.0 Å². The maximum atomic E-state index is 12.7. The summed E-state index contributed by atoms with van der Waals surface area (Å²) in [5.41, 5.74) is 1.72. The molecule has 9 heteroatoms. The second-order valence-electron chi connectivity index (χ2n) is 6.63. The highest BCUT2D eigenvalue weighted by Gasteiger charge is 2.26. The Morgan fingerprint density at radius 1 is 1.07 bits per heavy atom. The minimum Gasteiger partial charge on any atom is -0.329 e. The first-order chi connectivity index (χ1) is 13.4. The van der Waals surface area contributed by atoms with Gasteiger partial charge in [-0.05, 0) is 31.2 Å². The Hall–Kier alpha value is -3.75. The van der Waals surface area contributed by atoms with E-state index in [2.05, 4.69) is 5.10 Å². The first kappa shape index (κ1) is 17.7. The summed E-state index contributed by atoms with van der Waals surface area (Å²) in [7, 11) is 0. The molecule has 28 heavy (non-hydrogen) atoms. The molecule has 1 aromatic heterocycles. The van der Waals surface area contributed by atoms with Crippen LogP contribution in [0, 0.1) is 17.0 Å². The van der Waals surface area contributed by atoms with E-state index < -0.39 is 4.92 Å². The number of carbonyl (C=O) groups is 1. The van der Waals surface area contributed by atoms with Crippen molar-refractivity contribution in [1.29, 1.82) is 0 Å². The minimum absolute atomic E-state index is 0.0596. The van der Waals surface area contributed by atoms with Crippen LogP contribution in [0.2, 0.25) is 0 Å². The van der Waals surface area contributed by atoms with E-state index in [0.717, 1.165) is 5.56 Å². The van der Waals surface area contributed by atoms with Crippen molar-refractivity contribution in [2.75, 3.05) is 6.54 Å². The van der Waals surface area contributed by atoms with Crippen LogP contribution in [-0.2, 0) is 13.1 Å². The molecule has 0 fully saturated rings. The van der Waals surface area contributed by atoms with Gasteiger partial charge in [-0.3, -0.25) is 19.5 Å². The number of nitrogens with zero attached hydrogens (tertiary/aromatic N) is 5. The van der Waals surface area contributed by atoms with E-state index >= 15 is 0 Å². The summed E-state index contributed by atoms with van der Waals surface area (Å²) in [6.45, 7) is 2.94. The summed E-state index contributed by atoms with van der Waals surface area (Å²) < 4.78 is 2.74. The molecule has 0 atom stereocenters. The molecule has 4 rings (SSSR count). The summed E-state index contributed by atoms with van der Waals surface area (Å²) in [5, 5.41) is 15.1. The monoisotopic (exact) mass is 379 g/mol. The second-order valence-corrected chi connectivity index (χ2v) is 6.63. The van der Waals surface area contributed by atoms with Gasteiger partial charge in [0.25, 0.3) is 11.6 Å². The highest BCUT2D eigenvalue weighted by molar-refractivity contribution is 5.94. The van der Waals surface area contributed by atoms with Gasteiger partial charge in [-0.1, -0.05) is 17.7 Å². The van der Waals surface area contributed by atoms with Crippen LogP contribution in [0.5, 0.6) is 0 Å². The van der Waals surface area contributed by atoms with Crippen LogP contribution in [0.25, 0.3) is 5.69 Å². The number of hydrogen-bond donors (Lipinski definition) is 0. The molecule has 2 aromatic carbocycles. The van der Waals surface area contributed by atoms with Gasteiger partial charge in [0.1, 0.15) is 0 Å². The maximum Gasteiger partial charge on any atom is 0.350 e. The number of hydrogen-bond acceptors (Lipinski definition) is 5. The Bertz CT molecular complexity index is 1110. The summed E-state index contributed by atoms with van der Waals surface area (Å²) in [5.74, 6) is 0.374. The first-order valence-electron chi connectivity index (χ1n) is 8.73. The molecule has 9 nitrogen and oxygen atoms in total. The van der Waals surface area contributed by atoms with Crippen LogP contribution in [0.1, 0.15) is 21.7 Å². The van der Waals surface area contributed by atoms with Crippen LogP contribution in [0.4, 0.5) is 5.69 Å². The molecule has 142 valence electrons. The van der Waals surface area contributed by atoms with Gasteiger partial charge in [0, 0.05) is 30.8 Å². The fourth-order valence-electron chi connectivity index (χ4n) is 3.18. The summed E-state index contributed by atoms with van der Waals surface area (Å²) in [6, 6.07) is 13.0. The lowest BCUT2D eigenvalue weighted by Crippen LogP contribution is -2.40. The molecule has 0 radical (unpaired) electrons. The zero-order valence-electron chi connectivity index (χ0n) is 15.1. The predicted molar refractivity (Wildman–Crippen MR) is 100 cm³/mol. The largest absolute Gasteiger partial charge is 0.350 e. The molecule has 0 bridgehead atoms. The molecule has 0 N–H and O–H groups in total. The number of non-ortho nitro benzene ring substituents is 1. The van der Waals surface area contributed by atoms with E-state index in [9.17, 15) is 19.7 Å². The van der Waals surface area contributed by atoms with Gasteiger partial charge >= 0.3 is 5.69 Å². The average molecular weight is 379 g/mol. The number of nitro benzene ring substituents is 1. The quantitative estimate of drug-likeness (QED) is 0.511. The Morgan fingerprint density at radius 2 is 1.75 bits per heavy atom. The number of carbonyl (C=O) groups excluding carboxylic acids is 1. The topological polar surface area (TPSA) is 103 Å². The van der Waals surface area contributed by atoms with Crippen molar-refractivity contribution < 1.29 is 9.72 Å². The van der Waals surface area contributed by atoms with E-state index in [1.807, 2.05) is 19.1 Å². The zero-order valence-corrected chi connectivity index (χ0v) is 15.1. The molecule has 3 aromatic rings. The molecule has 1 amide bonds. The van der Waals surface area contributed by atoms with Crippen LogP contribution < -0.4 is 5.69 Å². The van der Waals surface area contributed by atoms with E-state index in [0.29, 0.717) is 30.2 Å². The summed E-state index contributed by atoms with van der Waals surface area (Å²) in [4.78, 5) is 37.3. The van der Waals surface area contributed by atoms with Crippen molar-refractivity contribution in [2.24, 2.45) is 0 Å². The number of fused-ring (bicyclic) bond motifs is 1. The average Bonchev–Trinajstić information content (AvgIpc) is 3.04. The Morgan fingerprint density at radius 3 is 2.39 bits per heavy atom. The van der Waals surface area contributed by atoms with E-state index in [4.69, 9.17) is 0 Å². The molecule has 0 unspecified atom stereocenters. The van der Waals surface area contributed by atoms with E-state index in [1.165, 1.54) is 33.5 Å². The fourth-order valence-corrected chi connectivity index (χ4v) is 3.18. The third-order valence-corrected chi connectivity index (χ3v) is 4.76. The lowest BCUT2D eigenvalue weighted by atomic mass is 10.1. The standard InChI is InChI=1S/C19H17N5O4/c1-13-2-4-14(5-3-13)18(25)21-10-11-22-17(12-21)20-23(19(22)26)15-6-8-16(9-7-15)24(27)28/h2-9H,10-12H2,1H3. The third-order valence-electron chi connectivity index (χ3n) is 4.76. The van der Waals surface area contributed by atoms with Crippen molar-refractivity contribution in [3.05, 3.63) is 86.1 Å². The number of amides is 1. The number of nitro groups is 1. The number of rotatable bonds is 3. The summed E-state index contributed by atoms with van der Waals surface area (Å²) in [6.07, 6.45) is 0. The Kier molecular flexibility index (Phi) is 4.26. The molecule has 0 saturated carbocycles. The van der Waals surface area contributed by atoms with Crippen molar-refractivity contribution >= 4 is 11.6 Å². The van der Waals surface area contributed by atoms with Gasteiger partial charge < -0.3 is 4.90 Å². The van der Waals surface area contributed by atoms with Crippen LogP contribution >= 0.6 is 0 Å². The fraction of sp³-hybridized carbons (Fsp3) is 0.211. The first-order valence-corrected chi connectivity index (χ1v) is 8.73. The molecule has 0 aliphatic carbocycles. The molecule has 0 spiro atoms. The van der Waals surface area contributed by atoms with Gasteiger partial charge in [-0.2, -0.15) is 4.68 Å². The van der Waals surface area contributed by atoms with Crippen molar-refractivity contribution in [3.8, 4) is 5.69 Å². The van der Waals surface area contributed by atoms with Crippen LogP contribution in [0.3, 0.4) is 0 Å². The van der Waals surface area contributed by atoms with E-state index in [-0.39, 0.29) is 23.8 Å². The second kappa shape index (κ2) is 6.76. The molecule has 2 heterocycles. The Labute approximate surface area is 159 Å². The molecule has 1 aliphatic rings. The molecular weight excluding hydrogens is 362 g/mol. The van der Waals surface area contributed by atoms with Crippen molar-refractivity contribution in [3.63, 3.8) is 0 Å². The van der Waals surface area contributed by atoms with Gasteiger partial charge in [-0.15, -0.1) is 5.10 Å². The van der Waals surface area contributed by atoms with Crippen molar-refractivity contribution in [1.82, 2.24) is 19.2 Å². The smallest absolute Gasteiger partial charge is 0.329 e. The highest BCUT2D eigenvalue weighted by atomic mass is 16.6. The minimum atomic E-state index is -0.501. The third kappa shape index (κ3) is 3.07. The number of benzene rings is 2. The summed E-state index contributed by atoms with van der Waals surface area (Å²) >= 11 is 0. The molecule has 1 aliphatic heterocycles. The number of aryl methyl sites for hydroxylation is 1. The maximum absolute atomic E-state index is 12.7. The van der Waals surface area contributed by atoms with Gasteiger partial charge in [0.15, 0.2) is 5.82 Å². The Balaban J connectivity index is 1.60. The van der Waals surface area contributed by atoms with Crippen molar-refractivity contribution in [2.45, 2.75) is 20.0 Å². The van der Waals surface area contributed by atoms with Gasteiger partial charge in [-0.25, -0.2) is 4.79 Å². The zero-order chi connectivity index (χ0) is 19.8. The van der Waals surface area contributed by atoms with Crippen LogP contribution in [0.15, 0.2) is 53.3 Å². The lowest BCUT2D eigenvalue weighted by molar-refractivity contribution is -0.384. The van der Waals surface area contributed by atoms with Gasteiger partial charge in [0.2, 0.25) is 0 Å². The molecule has 0 saturated heterocycles. The normalized spacial score (nSPS) is 13.2. The van der Waals surface area contributed by atoms with Gasteiger partial charge in [0.05, 0.1) is 17.2 Å². The SMILES string of the molecule is Cc1ccc(C(=O)N2CCn3c(nn(-c4ccc([N+](=O)[O-])cc4)c3=O)C2)cc1. The lowest BCUT2D eigenvalue weighted by Gasteiger charge is -2.26. The van der Waals surface area contributed by atoms with Crippen LogP contribution in [-0.4, -0.2) is 36.6 Å². The number of aromatic nitrogens is 3. The molecular formula is C19H17N5O4. The predicted octanol–water partition coefficient (Wildman–Crippen LogP) is 1.91. The highest BCUT2D eigenvalue weighted by Crippen LogP contribution is 2.16.